The Bertz CT molecular complexity index is 1120. The lowest BCUT2D eigenvalue weighted by atomic mass is 10.0. The molecule has 0 saturated heterocycles. The van der Waals surface area contributed by atoms with Gasteiger partial charge in [-0.3, -0.25) is 0 Å². The van der Waals surface area contributed by atoms with Crippen molar-refractivity contribution in [3.63, 3.8) is 0 Å². The maximum absolute atomic E-state index is 13.7. The number of aromatic nitrogens is 2. The molecule has 0 amide bonds. The topological polar surface area (TPSA) is 95.1 Å². The molecule has 3 rings (SSSR count). The molecule has 3 N–H and O–H groups in total. The number of aromatic amines is 1. The van der Waals surface area contributed by atoms with Crippen LogP contribution in [0.5, 0.6) is 0 Å². The van der Waals surface area contributed by atoms with E-state index in [0.717, 1.165) is 6.92 Å². The number of sulfonamides is 1. The summed E-state index contributed by atoms with van der Waals surface area (Å²) in [4.78, 5) is 6.80. The highest BCUT2D eigenvalue weighted by Gasteiger charge is 2.27. The van der Waals surface area contributed by atoms with Gasteiger partial charge in [-0.25, -0.2) is 26.9 Å². The Kier molecular flexibility index (Phi) is 6.26. The van der Waals surface area contributed by atoms with Gasteiger partial charge in [0.25, 0.3) is 5.92 Å². The lowest BCUT2D eigenvalue weighted by molar-refractivity contribution is 0.0135. The standard InChI is InChI=1S/C21H25F2N3O3S/c1-13(2)10-15(12-27)26-30(28,29)16-6-4-14(5-7-16)17-8-9-24-20-18(17)11-19(25-20)21(3,22)23/h4-9,11,13,15,26-27H,10,12H2,1-3H3,(H,24,25). The van der Waals surface area contributed by atoms with Gasteiger partial charge in [-0.1, -0.05) is 26.0 Å². The second kappa shape index (κ2) is 8.41. The highest BCUT2D eigenvalue weighted by Crippen LogP contribution is 2.33. The molecule has 1 aromatic carbocycles. The molecule has 0 fully saturated rings. The number of pyridine rings is 1. The Labute approximate surface area is 174 Å². The van der Waals surface area contributed by atoms with Crippen LogP contribution in [0.1, 0.15) is 32.9 Å². The molecule has 162 valence electrons. The largest absolute Gasteiger partial charge is 0.395 e. The Balaban J connectivity index is 1.91. The third-order valence-electron chi connectivity index (χ3n) is 4.78. The molecule has 0 spiro atoms. The lowest BCUT2D eigenvalue weighted by Crippen LogP contribution is -2.38. The van der Waals surface area contributed by atoms with Gasteiger partial charge in [-0.15, -0.1) is 0 Å². The molecule has 1 unspecified atom stereocenters. The number of halogens is 2. The van der Waals surface area contributed by atoms with Gasteiger partial charge in [-0.05, 0) is 47.7 Å². The van der Waals surface area contributed by atoms with E-state index in [-0.39, 0.29) is 23.1 Å². The molecule has 30 heavy (non-hydrogen) atoms. The van der Waals surface area contributed by atoms with Crippen LogP contribution in [0, 0.1) is 5.92 Å². The third kappa shape index (κ3) is 4.85. The van der Waals surface area contributed by atoms with Gasteiger partial charge < -0.3 is 10.1 Å². The van der Waals surface area contributed by atoms with Crippen LogP contribution in [-0.4, -0.2) is 36.1 Å². The molecule has 0 bridgehead atoms. The first-order valence-electron chi connectivity index (χ1n) is 9.61. The predicted octanol–water partition coefficient (Wildman–Crippen LogP) is 4.03. The highest BCUT2D eigenvalue weighted by atomic mass is 32.2. The quantitative estimate of drug-likeness (QED) is 0.496. The lowest BCUT2D eigenvalue weighted by Gasteiger charge is -2.18. The van der Waals surface area contributed by atoms with E-state index in [1.165, 1.54) is 24.4 Å². The number of hydrogen-bond donors (Lipinski definition) is 3. The second-order valence-corrected chi connectivity index (χ2v) is 9.56. The number of rotatable bonds is 8. The molecule has 3 aromatic rings. The number of aliphatic hydroxyl groups is 1. The van der Waals surface area contributed by atoms with E-state index in [4.69, 9.17) is 0 Å². The molecule has 2 aromatic heterocycles. The first-order chi connectivity index (χ1) is 14.0. The maximum Gasteiger partial charge on any atom is 0.284 e. The van der Waals surface area contributed by atoms with Crippen LogP contribution in [0.2, 0.25) is 0 Å². The van der Waals surface area contributed by atoms with Crippen molar-refractivity contribution in [2.75, 3.05) is 6.61 Å². The molecular weight excluding hydrogens is 412 g/mol. The zero-order valence-electron chi connectivity index (χ0n) is 17.0. The number of alkyl halides is 2. The molecule has 0 aliphatic carbocycles. The van der Waals surface area contributed by atoms with Crippen molar-refractivity contribution in [2.24, 2.45) is 5.92 Å². The summed E-state index contributed by atoms with van der Waals surface area (Å²) in [6.07, 6.45) is 2.02. The first-order valence-corrected chi connectivity index (χ1v) is 11.1. The van der Waals surface area contributed by atoms with E-state index >= 15 is 0 Å². The van der Waals surface area contributed by atoms with Gasteiger partial charge in [0, 0.05) is 24.5 Å². The van der Waals surface area contributed by atoms with Crippen molar-refractivity contribution in [1.29, 1.82) is 0 Å². The Morgan fingerprint density at radius 1 is 1.20 bits per heavy atom. The van der Waals surface area contributed by atoms with Crippen LogP contribution in [-0.2, 0) is 15.9 Å². The van der Waals surface area contributed by atoms with Crippen LogP contribution >= 0.6 is 0 Å². The fourth-order valence-corrected chi connectivity index (χ4v) is 4.59. The van der Waals surface area contributed by atoms with Gasteiger partial charge in [0.15, 0.2) is 0 Å². The minimum Gasteiger partial charge on any atom is -0.395 e. The number of benzene rings is 1. The summed E-state index contributed by atoms with van der Waals surface area (Å²) in [5.74, 6) is -2.80. The van der Waals surface area contributed by atoms with Gasteiger partial charge in [0.1, 0.15) is 5.65 Å². The average Bonchev–Trinajstić information content (AvgIpc) is 3.12. The van der Waals surface area contributed by atoms with Crippen molar-refractivity contribution in [3.05, 3.63) is 48.3 Å². The van der Waals surface area contributed by atoms with E-state index in [1.54, 1.807) is 18.2 Å². The summed E-state index contributed by atoms with van der Waals surface area (Å²) >= 11 is 0. The Morgan fingerprint density at radius 2 is 1.87 bits per heavy atom. The van der Waals surface area contributed by atoms with Crippen LogP contribution in [0.3, 0.4) is 0 Å². The van der Waals surface area contributed by atoms with Gasteiger partial charge in [-0.2, -0.15) is 0 Å². The molecule has 9 heteroatoms. The first kappa shape index (κ1) is 22.3. The van der Waals surface area contributed by atoms with Crippen molar-refractivity contribution >= 4 is 21.1 Å². The van der Waals surface area contributed by atoms with Crippen LogP contribution < -0.4 is 4.72 Å². The Morgan fingerprint density at radius 3 is 2.43 bits per heavy atom. The molecule has 0 aliphatic rings. The second-order valence-electron chi connectivity index (χ2n) is 7.85. The third-order valence-corrected chi connectivity index (χ3v) is 6.31. The summed E-state index contributed by atoms with van der Waals surface area (Å²) in [6, 6.07) is 8.64. The van der Waals surface area contributed by atoms with E-state index in [1.807, 2.05) is 13.8 Å². The molecule has 6 nitrogen and oxygen atoms in total. The van der Waals surface area contributed by atoms with E-state index in [9.17, 15) is 22.3 Å². The van der Waals surface area contributed by atoms with E-state index in [2.05, 4.69) is 14.7 Å². The van der Waals surface area contributed by atoms with Gasteiger partial charge in [0.05, 0.1) is 17.2 Å². The van der Waals surface area contributed by atoms with Crippen LogP contribution in [0.15, 0.2) is 47.5 Å². The zero-order valence-corrected chi connectivity index (χ0v) is 17.8. The summed E-state index contributed by atoms with van der Waals surface area (Å²) in [5.41, 5.74) is 1.44. The Hall–Kier alpha value is -2.36. The number of fused-ring (bicyclic) bond motifs is 1. The minimum atomic E-state index is -3.80. The monoisotopic (exact) mass is 437 g/mol. The fraction of sp³-hybridized carbons (Fsp3) is 0.381. The average molecular weight is 438 g/mol. The maximum atomic E-state index is 13.7. The van der Waals surface area contributed by atoms with Crippen molar-refractivity contribution in [3.8, 4) is 11.1 Å². The van der Waals surface area contributed by atoms with Crippen molar-refractivity contribution in [1.82, 2.24) is 14.7 Å². The summed E-state index contributed by atoms with van der Waals surface area (Å²) in [6.45, 7) is 4.41. The summed E-state index contributed by atoms with van der Waals surface area (Å²) < 4.78 is 55.1. The summed E-state index contributed by atoms with van der Waals surface area (Å²) in [5, 5.41) is 9.98. The molecule has 1 atom stereocenters. The van der Waals surface area contributed by atoms with Gasteiger partial charge in [0.2, 0.25) is 10.0 Å². The molecule has 0 radical (unpaired) electrons. The minimum absolute atomic E-state index is 0.0635. The number of aliphatic hydroxyl groups excluding tert-OH is 1. The SMILES string of the molecule is CC(C)CC(CO)NS(=O)(=O)c1ccc(-c2ccnc3[nH]c(C(C)(F)F)cc23)cc1. The number of nitrogens with one attached hydrogen (secondary N) is 2. The molecule has 2 heterocycles. The number of hydrogen-bond acceptors (Lipinski definition) is 4. The van der Waals surface area contributed by atoms with E-state index < -0.39 is 22.0 Å². The molecule has 0 aliphatic heterocycles. The fourth-order valence-electron chi connectivity index (χ4n) is 3.35. The zero-order chi connectivity index (χ0) is 22.1. The molecular formula is C21H25F2N3O3S. The predicted molar refractivity (Wildman–Crippen MR) is 112 cm³/mol. The normalized spacial score (nSPS) is 13.8. The number of H-pyrrole nitrogens is 1. The molecule has 0 saturated carbocycles. The van der Waals surface area contributed by atoms with Crippen molar-refractivity contribution < 1.29 is 22.3 Å². The number of nitrogens with zero attached hydrogens (tertiary/aromatic N) is 1. The van der Waals surface area contributed by atoms with E-state index in [0.29, 0.717) is 28.6 Å². The van der Waals surface area contributed by atoms with Gasteiger partial charge >= 0.3 is 0 Å². The smallest absolute Gasteiger partial charge is 0.284 e. The van der Waals surface area contributed by atoms with Crippen LogP contribution in [0.4, 0.5) is 8.78 Å². The summed E-state index contributed by atoms with van der Waals surface area (Å²) in [7, 11) is -3.80. The van der Waals surface area contributed by atoms with Crippen LogP contribution in [0.25, 0.3) is 22.2 Å². The highest BCUT2D eigenvalue weighted by molar-refractivity contribution is 7.89. The van der Waals surface area contributed by atoms with Crippen molar-refractivity contribution in [2.45, 2.75) is 44.1 Å².